The van der Waals surface area contributed by atoms with Gasteiger partial charge in [-0.3, -0.25) is 4.90 Å². The molecule has 25 heavy (non-hydrogen) atoms. The van der Waals surface area contributed by atoms with Gasteiger partial charge in [0.1, 0.15) is 0 Å². The van der Waals surface area contributed by atoms with E-state index in [9.17, 15) is 0 Å². The summed E-state index contributed by atoms with van der Waals surface area (Å²) < 4.78 is 0. The van der Waals surface area contributed by atoms with Crippen molar-refractivity contribution in [3.63, 3.8) is 0 Å². The number of rotatable bonds is 4. The number of hydrogen-bond acceptors (Lipinski definition) is 2. The predicted molar refractivity (Wildman–Crippen MR) is 103 cm³/mol. The van der Waals surface area contributed by atoms with Gasteiger partial charge in [-0.05, 0) is 16.7 Å². The largest absolute Gasteiger partial charge is 0.308 e. The zero-order chi connectivity index (χ0) is 16.9. The fraction of sp³-hybridized carbons (Fsp3) is 0.217. The van der Waals surface area contributed by atoms with Crippen LogP contribution in [0.2, 0.25) is 0 Å². The molecular weight excluding hydrogens is 304 g/mol. The van der Waals surface area contributed by atoms with Gasteiger partial charge in [-0.15, -0.1) is 0 Å². The smallest absolute Gasteiger partial charge is 0.0602 e. The SMILES string of the molecule is c1ccc(C2CN(C(c3ccccc3)c3ccccc3)CCN2)cc1. The van der Waals surface area contributed by atoms with E-state index < -0.39 is 0 Å². The molecule has 126 valence electrons. The summed E-state index contributed by atoms with van der Waals surface area (Å²) in [4.78, 5) is 2.61. The monoisotopic (exact) mass is 328 g/mol. The van der Waals surface area contributed by atoms with Crippen molar-refractivity contribution in [2.75, 3.05) is 19.6 Å². The van der Waals surface area contributed by atoms with Crippen molar-refractivity contribution in [3.8, 4) is 0 Å². The lowest BCUT2D eigenvalue weighted by molar-refractivity contribution is 0.164. The quantitative estimate of drug-likeness (QED) is 0.762. The lowest BCUT2D eigenvalue weighted by atomic mass is 9.94. The van der Waals surface area contributed by atoms with Crippen LogP contribution in [-0.4, -0.2) is 24.5 Å². The van der Waals surface area contributed by atoms with E-state index in [1.807, 2.05) is 0 Å². The van der Waals surface area contributed by atoms with Gasteiger partial charge in [-0.1, -0.05) is 91.0 Å². The second-order valence-electron chi connectivity index (χ2n) is 6.64. The maximum absolute atomic E-state index is 3.68. The molecule has 1 aliphatic heterocycles. The Morgan fingerprint density at radius 1 is 0.720 bits per heavy atom. The molecule has 1 heterocycles. The summed E-state index contributed by atoms with van der Waals surface area (Å²) in [7, 11) is 0. The molecule has 2 nitrogen and oxygen atoms in total. The van der Waals surface area contributed by atoms with Crippen molar-refractivity contribution < 1.29 is 0 Å². The van der Waals surface area contributed by atoms with E-state index in [1.54, 1.807) is 0 Å². The first kappa shape index (κ1) is 16.1. The summed E-state index contributed by atoms with van der Waals surface area (Å²) in [6.45, 7) is 3.08. The second-order valence-corrected chi connectivity index (χ2v) is 6.64. The minimum absolute atomic E-state index is 0.302. The third kappa shape index (κ3) is 3.65. The topological polar surface area (TPSA) is 15.3 Å². The van der Waals surface area contributed by atoms with Gasteiger partial charge in [0, 0.05) is 25.7 Å². The number of nitrogens with zero attached hydrogens (tertiary/aromatic N) is 1. The van der Waals surface area contributed by atoms with Crippen molar-refractivity contribution >= 4 is 0 Å². The molecule has 0 bridgehead atoms. The Labute approximate surface area is 150 Å². The van der Waals surface area contributed by atoms with Gasteiger partial charge in [0.25, 0.3) is 0 Å². The molecule has 1 N–H and O–H groups in total. The molecule has 2 heteroatoms. The highest BCUT2D eigenvalue weighted by atomic mass is 15.2. The lowest BCUT2D eigenvalue weighted by Crippen LogP contribution is -2.47. The van der Waals surface area contributed by atoms with Crippen LogP contribution in [-0.2, 0) is 0 Å². The Morgan fingerprint density at radius 2 is 1.24 bits per heavy atom. The Kier molecular flexibility index (Phi) is 4.91. The van der Waals surface area contributed by atoms with Crippen LogP contribution in [0.5, 0.6) is 0 Å². The molecule has 3 aromatic rings. The van der Waals surface area contributed by atoms with Crippen molar-refractivity contribution in [2.24, 2.45) is 0 Å². The molecule has 0 aliphatic carbocycles. The molecule has 1 fully saturated rings. The van der Waals surface area contributed by atoms with E-state index in [0.29, 0.717) is 12.1 Å². The molecule has 0 aromatic heterocycles. The summed E-state index contributed by atoms with van der Waals surface area (Å²) in [5.41, 5.74) is 4.09. The van der Waals surface area contributed by atoms with Crippen molar-refractivity contribution in [1.82, 2.24) is 10.2 Å². The van der Waals surface area contributed by atoms with E-state index in [0.717, 1.165) is 19.6 Å². The van der Waals surface area contributed by atoms with Crippen LogP contribution in [0.3, 0.4) is 0 Å². The maximum atomic E-state index is 3.68. The fourth-order valence-corrected chi connectivity index (χ4v) is 3.80. The van der Waals surface area contributed by atoms with Gasteiger partial charge in [0.05, 0.1) is 6.04 Å². The average Bonchev–Trinajstić information content (AvgIpc) is 2.71. The molecule has 0 amide bonds. The summed E-state index contributed by atoms with van der Waals surface area (Å²) >= 11 is 0. The lowest BCUT2D eigenvalue weighted by Gasteiger charge is -2.39. The summed E-state index contributed by atoms with van der Waals surface area (Å²) in [6.07, 6.45) is 0. The van der Waals surface area contributed by atoms with Gasteiger partial charge in [0.2, 0.25) is 0 Å². The third-order valence-electron chi connectivity index (χ3n) is 5.00. The van der Waals surface area contributed by atoms with Crippen LogP contribution in [0.15, 0.2) is 91.0 Å². The first-order chi connectivity index (χ1) is 12.4. The molecule has 1 unspecified atom stereocenters. The summed E-state index contributed by atoms with van der Waals surface area (Å²) in [6, 6.07) is 33.2. The van der Waals surface area contributed by atoms with Crippen molar-refractivity contribution in [2.45, 2.75) is 12.1 Å². The van der Waals surface area contributed by atoms with Crippen molar-refractivity contribution in [1.29, 1.82) is 0 Å². The van der Waals surface area contributed by atoms with Gasteiger partial charge in [-0.2, -0.15) is 0 Å². The van der Waals surface area contributed by atoms with Gasteiger partial charge < -0.3 is 5.32 Å². The van der Waals surface area contributed by atoms with Crippen molar-refractivity contribution in [3.05, 3.63) is 108 Å². The van der Waals surface area contributed by atoms with E-state index in [4.69, 9.17) is 0 Å². The molecule has 0 spiro atoms. The van der Waals surface area contributed by atoms with Crippen LogP contribution in [0, 0.1) is 0 Å². The first-order valence-electron chi connectivity index (χ1n) is 9.04. The minimum atomic E-state index is 0.302. The number of piperazine rings is 1. The van der Waals surface area contributed by atoms with Gasteiger partial charge in [0.15, 0.2) is 0 Å². The zero-order valence-electron chi connectivity index (χ0n) is 14.4. The molecule has 1 atom stereocenters. The normalized spacial score (nSPS) is 18.4. The molecule has 1 saturated heterocycles. The molecule has 1 aliphatic rings. The number of benzene rings is 3. The van der Waals surface area contributed by atoms with Crippen LogP contribution in [0.4, 0.5) is 0 Å². The Bertz CT molecular complexity index is 731. The van der Waals surface area contributed by atoms with Crippen LogP contribution >= 0.6 is 0 Å². The zero-order valence-corrected chi connectivity index (χ0v) is 14.4. The Hall–Kier alpha value is -2.42. The average molecular weight is 328 g/mol. The molecule has 3 aromatic carbocycles. The Morgan fingerprint density at radius 3 is 1.80 bits per heavy atom. The van der Waals surface area contributed by atoms with Gasteiger partial charge in [-0.25, -0.2) is 0 Å². The maximum Gasteiger partial charge on any atom is 0.0602 e. The highest BCUT2D eigenvalue weighted by Gasteiger charge is 2.28. The number of nitrogens with one attached hydrogen (secondary N) is 1. The summed E-state index contributed by atoms with van der Waals surface area (Å²) in [5, 5.41) is 3.68. The van der Waals surface area contributed by atoms with Crippen LogP contribution in [0.1, 0.15) is 28.8 Å². The van der Waals surface area contributed by atoms with Gasteiger partial charge >= 0.3 is 0 Å². The Balaban J connectivity index is 1.65. The van der Waals surface area contributed by atoms with E-state index in [-0.39, 0.29) is 0 Å². The molecule has 0 radical (unpaired) electrons. The predicted octanol–water partition coefficient (Wildman–Crippen LogP) is 4.42. The van der Waals surface area contributed by atoms with Crippen LogP contribution in [0.25, 0.3) is 0 Å². The highest BCUT2D eigenvalue weighted by Crippen LogP contribution is 2.31. The van der Waals surface area contributed by atoms with E-state index in [2.05, 4.69) is 101 Å². The van der Waals surface area contributed by atoms with E-state index >= 15 is 0 Å². The fourth-order valence-electron chi connectivity index (χ4n) is 3.80. The first-order valence-corrected chi connectivity index (χ1v) is 9.04. The van der Waals surface area contributed by atoms with E-state index in [1.165, 1.54) is 16.7 Å². The standard InChI is InChI=1S/C23H24N2/c1-4-10-19(11-5-1)22-18-25(17-16-24-22)23(20-12-6-2-7-13-20)21-14-8-3-9-15-21/h1-15,22-24H,16-18H2. The third-order valence-corrected chi connectivity index (χ3v) is 5.00. The molecule has 4 rings (SSSR count). The molecule has 0 saturated carbocycles. The van der Waals surface area contributed by atoms with Crippen LogP contribution < -0.4 is 5.32 Å². The summed E-state index contributed by atoms with van der Waals surface area (Å²) in [5.74, 6) is 0. The minimum Gasteiger partial charge on any atom is -0.308 e. The molecular formula is C23H24N2. The number of hydrogen-bond donors (Lipinski definition) is 1. The highest BCUT2D eigenvalue weighted by molar-refractivity contribution is 5.32. The second kappa shape index (κ2) is 7.64.